The molecule has 1 nitrogen and oxygen atoms in total. The van der Waals surface area contributed by atoms with Crippen molar-refractivity contribution in [3.8, 4) is 28.7 Å². The van der Waals surface area contributed by atoms with Gasteiger partial charge in [-0.3, -0.25) is 0 Å². The van der Waals surface area contributed by atoms with Gasteiger partial charge in [0, 0.05) is 11.1 Å². The molecular formula is C28H24O. The number of fused-ring (bicyclic) bond motifs is 1. The topological polar surface area (TPSA) is 9.23 Å². The lowest BCUT2D eigenvalue weighted by atomic mass is 9.97. The highest BCUT2D eigenvalue weighted by molar-refractivity contribution is 5.88. The van der Waals surface area contributed by atoms with E-state index < -0.39 is 0 Å². The van der Waals surface area contributed by atoms with Crippen LogP contribution in [0, 0.1) is 17.8 Å². The zero-order valence-corrected chi connectivity index (χ0v) is 16.9. The molecule has 142 valence electrons. The van der Waals surface area contributed by atoms with Gasteiger partial charge in [0.25, 0.3) is 0 Å². The van der Waals surface area contributed by atoms with Gasteiger partial charge in [-0.25, -0.2) is 0 Å². The Bertz CT molecular complexity index is 1170. The molecule has 29 heavy (non-hydrogen) atoms. The fraction of sp³-hybridized carbons (Fsp3) is 0.143. The summed E-state index contributed by atoms with van der Waals surface area (Å²) in [6, 6.07) is 31.3. The van der Waals surface area contributed by atoms with Crippen LogP contribution in [0.4, 0.5) is 0 Å². The Morgan fingerprint density at radius 2 is 1.45 bits per heavy atom. The molecule has 0 spiro atoms. The third kappa shape index (κ3) is 4.68. The molecule has 0 saturated heterocycles. The summed E-state index contributed by atoms with van der Waals surface area (Å²) in [5.41, 5.74) is 4.35. The lowest BCUT2D eigenvalue weighted by Gasteiger charge is -2.08. The Hall–Kier alpha value is -3.50. The molecule has 0 amide bonds. The predicted molar refractivity (Wildman–Crippen MR) is 122 cm³/mol. The van der Waals surface area contributed by atoms with Crippen LogP contribution in [0.15, 0.2) is 91.0 Å². The van der Waals surface area contributed by atoms with Crippen LogP contribution < -0.4 is 4.74 Å². The van der Waals surface area contributed by atoms with Crippen LogP contribution in [0.2, 0.25) is 0 Å². The van der Waals surface area contributed by atoms with Crippen LogP contribution in [0.5, 0.6) is 5.75 Å². The number of hydrogen-bond acceptors (Lipinski definition) is 1. The van der Waals surface area contributed by atoms with Crippen molar-refractivity contribution in [3.63, 3.8) is 0 Å². The highest BCUT2D eigenvalue weighted by atomic mass is 16.5. The van der Waals surface area contributed by atoms with E-state index in [9.17, 15) is 0 Å². The van der Waals surface area contributed by atoms with Crippen LogP contribution >= 0.6 is 0 Å². The van der Waals surface area contributed by atoms with Gasteiger partial charge in [-0.05, 0) is 64.2 Å². The van der Waals surface area contributed by atoms with Crippen LogP contribution in [-0.4, -0.2) is 6.61 Å². The largest absolute Gasteiger partial charge is 0.493 e. The Kier molecular flexibility index (Phi) is 5.63. The summed E-state index contributed by atoms with van der Waals surface area (Å²) in [6.45, 7) is 5.02. The Morgan fingerprint density at radius 3 is 2.24 bits per heavy atom. The van der Waals surface area contributed by atoms with Gasteiger partial charge in [-0.2, -0.15) is 0 Å². The van der Waals surface area contributed by atoms with Gasteiger partial charge < -0.3 is 4.74 Å². The normalized spacial score (nSPS) is 10.6. The lowest BCUT2D eigenvalue weighted by molar-refractivity contribution is 0.271. The van der Waals surface area contributed by atoms with Crippen LogP contribution in [-0.2, 0) is 0 Å². The fourth-order valence-corrected chi connectivity index (χ4v) is 3.24. The molecule has 0 aliphatic heterocycles. The highest BCUT2D eigenvalue weighted by Gasteiger charge is 2.04. The first-order chi connectivity index (χ1) is 14.2. The van der Waals surface area contributed by atoms with E-state index >= 15 is 0 Å². The van der Waals surface area contributed by atoms with Crippen molar-refractivity contribution in [1.29, 1.82) is 0 Å². The molecule has 0 N–H and O–H groups in total. The van der Waals surface area contributed by atoms with Crippen LogP contribution in [0.1, 0.15) is 25.0 Å². The quantitative estimate of drug-likeness (QED) is 0.350. The van der Waals surface area contributed by atoms with Gasteiger partial charge in [0.05, 0.1) is 6.61 Å². The van der Waals surface area contributed by atoms with Gasteiger partial charge in [0.2, 0.25) is 0 Å². The number of hydrogen-bond donors (Lipinski definition) is 0. The SMILES string of the molecule is CC(C)COc1ccc(C#Cc2ccccc2-c2ccc3ccccc3c2)cc1. The molecule has 0 aliphatic rings. The van der Waals surface area contributed by atoms with E-state index in [1.54, 1.807) is 0 Å². The fourth-order valence-electron chi connectivity index (χ4n) is 3.24. The first-order valence-corrected chi connectivity index (χ1v) is 10.0. The van der Waals surface area contributed by atoms with Crippen molar-refractivity contribution in [2.45, 2.75) is 13.8 Å². The molecule has 0 saturated carbocycles. The van der Waals surface area contributed by atoms with E-state index in [1.807, 2.05) is 30.3 Å². The molecule has 0 aromatic heterocycles. The summed E-state index contributed by atoms with van der Waals surface area (Å²) in [6.07, 6.45) is 0. The summed E-state index contributed by atoms with van der Waals surface area (Å²) in [5.74, 6) is 8.05. The second kappa shape index (κ2) is 8.67. The molecule has 0 atom stereocenters. The molecule has 0 unspecified atom stereocenters. The summed E-state index contributed by atoms with van der Waals surface area (Å²) < 4.78 is 5.75. The maximum absolute atomic E-state index is 5.75. The lowest BCUT2D eigenvalue weighted by Crippen LogP contribution is -2.04. The molecule has 4 aromatic carbocycles. The van der Waals surface area contributed by atoms with Gasteiger partial charge in [-0.1, -0.05) is 80.3 Å². The average Bonchev–Trinajstić information content (AvgIpc) is 2.77. The maximum Gasteiger partial charge on any atom is 0.119 e. The second-order valence-electron chi connectivity index (χ2n) is 7.59. The zero-order valence-electron chi connectivity index (χ0n) is 16.9. The zero-order chi connectivity index (χ0) is 20.1. The van der Waals surface area contributed by atoms with Gasteiger partial charge >= 0.3 is 0 Å². The van der Waals surface area contributed by atoms with Crippen molar-refractivity contribution in [1.82, 2.24) is 0 Å². The van der Waals surface area contributed by atoms with Crippen molar-refractivity contribution >= 4 is 10.8 Å². The molecule has 0 bridgehead atoms. The third-order valence-electron chi connectivity index (χ3n) is 4.77. The molecule has 4 rings (SSSR count). The monoisotopic (exact) mass is 376 g/mol. The minimum Gasteiger partial charge on any atom is -0.493 e. The van der Waals surface area contributed by atoms with Crippen molar-refractivity contribution in [2.24, 2.45) is 5.92 Å². The first kappa shape index (κ1) is 18.8. The van der Waals surface area contributed by atoms with E-state index in [1.165, 1.54) is 16.3 Å². The predicted octanol–water partition coefficient (Wildman–Crippen LogP) is 6.94. The van der Waals surface area contributed by atoms with E-state index in [0.717, 1.165) is 29.0 Å². The van der Waals surface area contributed by atoms with Crippen LogP contribution in [0.3, 0.4) is 0 Å². The average molecular weight is 376 g/mol. The van der Waals surface area contributed by atoms with Crippen molar-refractivity contribution in [2.75, 3.05) is 6.61 Å². The van der Waals surface area contributed by atoms with E-state index in [4.69, 9.17) is 4.74 Å². The smallest absolute Gasteiger partial charge is 0.119 e. The van der Waals surface area contributed by atoms with E-state index in [2.05, 4.69) is 86.4 Å². The van der Waals surface area contributed by atoms with Crippen LogP contribution in [0.25, 0.3) is 21.9 Å². The number of ether oxygens (including phenoxy) is 1. The molecule has 0 heterocycles. The summed E-state index contributed by atoms with van der Waals surface area (Å²) in [4.78, 5) is 0. The van der Waals surface area contributed by atoms with Gasteiger partial charge in [-0.15, -0.1) is 0 Å². The molecule has 4 aromatic rings. The first-order valence-electron chi connectivity index (χ1n) is 10.0. The number of benzene rings is 4. The standard InChI is InChI=1S/C28H24O/c1-21(2)20-29-27-17-12-22(13-18-27)11-14-24-8-5-6-10-28(24)26-16-15-23-7-3-4-9-25(23)19-26/h3-10,12-13,15-19,21H,20H2,1-2H3. The Morgan fingerprint density at radius 1 is 0.724 bits per heavy atom. The van der Waals surface area contributed by atoms with Gasteiger partial charge in [0.1, 0.15) is 5.75 Å². The second-order valence-corrected chi connectivity index (χ2v) is 7.59. The minimum absolute atomic E-state index is 0.515. The Balaban J connectivity index is 1.61. The summed E-state index contributed by atoms with van der Waals surface area (Å²) in [7, 11) is 0. The number of rotatable bonds is 4. The molecular weight excluding hydrogens is 352 g/mol. The Labute approximate surface area is 173 Å². The van der Waals surface area contributed by atoms with E-state index in [-0.39, 0.29) is 0 Å². The molecule has 1 heteroatoms. The molecule has 0 fully saturated rings. The minimum atomic E-state index is 0.515. The summed E-state index contributed by atoms with van der Waals surface area (Å²) >= 11 is 0. The van der Waals surface area contributed by atoms with Crippen molar-refractivity contribution in [3.05, 3.63) is 102 Å². The summed E-state index contributed by atoms with van der Waals surface area (Å²) in [5, 5.41) is 2.49. The third-order valence-corrected chi connectivity index (χ3v) is 4.77. The van der Waals surface area contributed by atoms with E-state index in [0.29, 0.717) is 5.92 Å². The van der Waals surface area contributed by atoms with Crippen molar-refractivity contribution < 1.29 is 4.74 Å². The molecule has 0 radical (unpaired) electrons. The van der Waals surface area contributed by atoms with Gasteiger partial charge in [0.15, 0.2) is 0 Å². The maximum atomic E-state index is 5.75. The highest BCUT2D eigenvalue weighted by Crippen LogP contribution is 2.27. The molecule has 0 aliphatic carbocycles.